The Hall–Kier alpha value is -3.78. The molecular weight excluding hydrogens is 465 g/mol. The van der Waals surface area contributed by atoms with Gasteiger partial charge in [0.1, 0.15) is 11.6 Å². The Kier molecular flexibility index (Phi) is 6.72. The van der Waals surface area contributed by atoms with Gasteiger partial charge in [0.15, 0.2) is 6.61 Å². The summed E-state index contributed by atoms with van der Waals surface area (Å²) in [6, 6.07) is 20.9. The number of benzene rings is 3. The number of nitrogens with one attached hydrogen (secondary N) is 1. The summed E-state index contributed by atoms with van der Waals surface area (Å²) >= 11 is 1.73. The summed E-state index contributed by atoms with van der Waals surface area (Å²) in [5.74, 6) is -0.489. The van der Waals surface area contributed by atoms with E-state index in [1.165, 1.54) is 16.8 Å². The van der Waals surface area contributed by atoms with Gasteiger partial charge in [0.2, 0.25) is 0 Å². The van der Waals surface area contributed by atoms with Crippen molar-refractivity contribution in [2.45, 2.75) is 18.8 Å². The topological polar surface area (TPSA) is 71.5 Å². The van der Waals surface area contributed by atoms with Crippen LogP contribution in [0.25, 0.3) is 10.2 Å². The third-order valence-corrected chi connectivity index (χ3v) is 7.26. The van der Waals surface area contributed by atoms with E-state index in [1.807, 2.05) is 23.1 Å². The molecule has 0 spiro atoms. The van der Waals surface area contributed by atoms with Crippen LogP contribution in [0.1, 0.15) is 34.1 Å². The molecule has 0 radical (unpaired) electrons. The molecule has 6 nitrogen and oxygen atoms in total. The van der Waals surface area contributed by atoms with Crippen LogP contribution in [0.5, 0.6) is 5.75 Å². The average Bonchev–Trinajstić information content (AvgIpc) is 3.33. The summed E-state index contributed by atoms with van der Waals surface area (Å²) in [5.41, 5.74) is 1.52. The van der Waals surface area contributed by atoms with Gasteiger partial charge in [0.05, 0.1) is 26.5 Å². The van der Waals surface area contributed by atoms with Gasteiger partial charge in [-0.25, -0.2) is 9.37 Å². The number of piperidine rings is 1. The van der Waals surface area contributed by atoms with Crippen LogP contribution in [-0.2, 0) is 4.79 Å². The fraction of sp³-hybridized carbons (Fsp3) is 0.222. The van der Waals surface area contributed by atoms with Gasteiger partial charge in [-0.05, 0) is 49.2 Å². The Bertz CT molecular complexity index is 1330. The molecule has 4 aromatic rings. The highest BCUT2D eigenvalue weighted by Gasteiger charge is 2.28. The van der Waals surface area contributed by atoms with E-state index in [0.717, 1.165) is 23.4 Å². The minimum Gasteiger partial charge on any atom is -0.483 e. The Labute approximate surface area is 206 Å². The number of hydrogen-bond donors (Lipinski definition) is 1. The molecule has 0 atom stereocenters. The molecular formula is C27H24FN3O3S. The zero-order valence-electron chi connectivity index (χ0n) is 18.9. The van der Waals surface area contributed by atoms with Gasteiger partial charge in [-0.2, -0.15) is 0 Å². The maximum atomic E-state index is 13.8. The number of carbonyl (C=O) groups is 2. The van der Waals surface area contributed by atoms with E-state index < -0.39 is 11.7 Å². The Morgan fingerprint density at radius 2 is 1.71 bits per heavy atom. The van der Waals surface area contributed by atoms with Crippen LogP contribution in [0, 0.1) is 5.82 Å². The van der Waals surface area contributed by atoms with Crippen LogP contribution in [0.2, 0.25) is 0 Å². The third-order valence-electron chi connectivity index (χ3n) is 6.07. The number of amides is 2. The predicted octanol–water partition coefficient (Wildman–Crippen LogP) is 5.47. The summed E-state index contributed by atoms with van der Waals surface area (Å²) < 4.78 is 20.6. The molecule has 1 aromatic heterocycles. The van der Waals surface area contributed by atoms with Crippen molar-refractivity contribution >= 4 is 39.1 Å². The van der Waals surface area contributed by atoms with E-state index in [-0.39, 0.29) is 18.2 Å². The van der Waals surface area contributed by atoms with Gasteiger partial charge >= 0.3 is 0 Å². The minimum atomic E-state index is -0.523. The fourth-order valence-corrected chi connectivity index (χ4v) is 5.36. The van der Waals surface area contributed by atoms with E-state index in [4.69, 9.17) is 9.72 Å². The molecule has 1 fully saturated rings. The number of likely N-dealkylation sites (tertiary alicyclic amines) is 1. The predicted molar refractivity (Wildman–Crippen MR) is 134 cm³/mol. The van der Waals surface area contributed by atoms with E-state index in [1.54, 1.807) is 47.7 Å². The molecule has 1 aliphatic rings. The standard InChI is InChI=1S/C27H24FN3O3S/c28-20-8-2-3-9-21(20)29-25(32)17-34-23-11-5-1-7-19(23)27(33)31-15-13-18(14-16-31)26-30-22-10-4-6-12-24(22)35-26/h1-12,18H,13-17H2,(H,29,32). The van der Waals surface area contributed by atoms with E-state index in [0.29, 0.717) is 30.3 Å². The summed E-state index contributed by atoms with van der Waals surface area (Å²) in [6.45, 7) is 0.918. The zero-order chi connectivity index (χ0) is 24.2. The number of carbonyl (C=O) groups excluding carboxylic acids is 2. The lowest BCUT2D eigenvalue weighted by Gasteiger charge is -2.31. The van der Waals surface area contributed by atoms with Crippen molar-refractivity contribution in [2.24, 2.45) is 0 Å². The van der Waals surface area contributed by atoms with E-state index in [9.17, 15) is 14.0 Å². The summed E-state index contributed by atoms with van der Waals surface area (Å²) in [4.78, 5) is 32.1. The molecule has 2 heterocycles. The van der Waals surface area contributed by atoms with Crippen LogP contribution < -0.4 is 10.1 Å². The van der Waals surface area contributed by atoms with E-state index >= 15 is 0 Å². The number of ether oxygens (including phenoxy) is 1. The highest BCUT2D eigenvalue weighted by Crippen LogP contribution is 2.34. The van der Waals surface area contributed by atoms with Crippen LogP contribution in [0.4, 0.5) is 10.1 Å². The molecule has 35 heavy (non-hydrogen) atoms. The largest absolute Gasteiger partial charge is 0.483 e. The van der Waals surface area contributed by atoms with Crippen molar-refractivity contribution in [2.75, 3.05) is 25.0 Å². The van der Waals surface area contributed by atoms with Crippen molar-refractivity contribution in [1.29, 1.82) is 0 Å². The molecule has 0 bridgehead atoms. The summed E-state index contributed by atoms with van der Waals surface area (Å²) in [6.07, 6.45) is 1.69. The van der Waals surface area contributed by atoms with Crippen molar-refractivity contribution in [3.63, 3.8) is 0 Å². The molecule has 2 amide bonds. The second-order valence-corrected chi connectivity index (χ2v) is 9.46. The zero-order valence-corrected chi connectivity index (χ0v) is 19.8. The normalized spacial score (nSPS) is 14.1. The third kappa shape index (κ3) is 5.17. The fourth-order valence-electron chi connectivity index (χ4n) is 4.23. The van der Waals surface area contributed by atoms with Crippen molar-refractivity contribution in [3.05, 3.63) is 89.2 Å². The number of thiazole rings is 1. The van der Waals surface area contributed by atoms with Crippen molar-refractivity contribution < 1.29 is 18.7 Å². The van der Waals surface area contributed by atoms with Gasteiger partial charge in [-0.3, -0.25) is 9.59 Å². The maximum Gasteiger partial charge on any atom is 0.262 e. The lowest BCUT2D eigenvalue weighted by atomic mass is 9.97. The molecule has 0 saturated carbocycles. The molecule has 0 unspecified atom stereocenters. The molecule has 5 rings (SSSR count). The van der Waals surface area contributed by atoms with Crippen LogP contribution in [-0.4, -0.2) is 41.4 Å². The quantitative estimate of drug-likeness (QED) is 0.390. The molecule has 178 valence electrons. The number of fused-ring (bicyclic) bond motifs is 1. The number of halogens is 1. The Morgan fingerprint density at radius 1 is 1.00 bits per heavy atom. The Balaban J connectivity index is 1.20. The van der Waals surface area contributed by atoms with E-state index in [2.05, 4.69) is 11.4 Å². The molecule has 1 N–H and O–H groups in total. The first-order chi connectivity index (χ1) is 17.1. The van der Waals surface area contributed by atoms with Crippen LogP contribution in [0.3, 0.4) is 0 Å². The highest BCUT2D eigenvalue weighted by atomic mass is 32.1. The molecule has 8 heteroatoms. The average molecular weight is 490 g/mol. The maximum absolute atomic E-state index is 13.8. The number of para-hydroxylation sites is 3. The van der Waals surface area contributed by atoms with Crippen LogP contribution in [0.15, 0.2) is 72.8 Å². The van der Waals surface area contributed by atoms with Gasteiger partial charge in [0, 0.05) is 19.0 Å². The number of anilines is 1. The molecule has 3 aromatic carbocycles. The first-order valence-corrected chi connectivity index (χ1v) is 12.3. The number of aromatic nitrogens is 1. The SMILES string of the molecule is O=C(COc1ccccc1C(=O)N1CCC(c2nc3ccccc3s2)CC1)Nc1ccccc1F. The van der Waals surface area contributed by atoms with Crippen molar-refractivity contribution in [3.8, 4) is 5.75 Å². The lowest BCUT2D eigenvalue weighted by molar-refractivity contribution is -0.118. The monoisotopic (exact) mass is 489 g/mol. The van der Waals surface area contributed by atoms with Gasteiger partial charge in [0.25, 0.3) is 11.8 Å². The van der Waals surface area contributed by atoms with Gasteiger partial charge in [-0.1, -0.05) is 36.4 Å². The molecule has 1 saturated heterocycles. The second kappa shape index (κ2) is 10.2. The summed E-state index contributed by atoms with van der Waals surface area (Å²) in [7, 11) is 0. The first-order valence-electron chi connectivity index (χ1n) is 11.5. The summed E-state index contributed by atoms with van der Waals surface area (Å²) in [5, 5.41) is 3.61. The first kappa shape index (κ1) is 23.0. The lowest BCUT2D eigenvalue weighted by Crippen LogP contribution is -2.38. The highest BCUT2D eigenvalue weighted by molar-refractivity contribution is 7.18. The second-order valence-electron chi connectivity index (χ2n) is 8.40. The van der Waals surface area contributed by atoms with Crippen molar-refractivity contribution in [1.82, 2.24) is 9.88 Å². The smallest absolute Gasteiger partial charge is 0.262 e. The minimum absolute atomic E-state index is 0.0847. The molecule has 1 aliphatic heterocycles. The number of rotatable bonds is 6. The molecule has 0 aliphatic carbocycles. The Morgan fingerprint density at radius 3 is 2.51 bits per heavy atom. The van der Waals surface area contributed by atoms with Gasteiger partial charge in [-0.15, -0.1) is 11.3 Å². The number of nitrogens with zero attached hydrogens (tertiary/aromatic N) is 2. The van der Waals surface area contributed by atoms with Crippen LogP contribution >= 0.6 is 11.3 Å². The van der Waals surface area contributed by atoms with Gasteiger partial charge < -0.3 is 15.0 Å². The number of hydrogen-bond acceptors (Lipinski definition) is 5.